The van der Waals surface area contributed by atoms with Crippen molar-refractivity contribution in [2.24, 2.45) is 11.1 Å². The van der Waals surface area contributed by atoms with E-state index in [1.54, 1.807) is 12.1 Å². The minimum atomic E-state index is -0.193. The fourth-order valence-electron chi connectivity index (χ4n) is 2.10. The highest BCUT2D eigenvalue weighted by molar-refractivity contribution is 5.27. The molecule has 0 aliphatic heterocycles. The summed E-state index contributed by atoms with van der Waals surface area (Å²) in [6.07, 6.45) is 0. The summed E-state index contributed by atoms with van der Waals surface area (Å²) < 4.78 is 13.2. The van der Waals surface area contributed by atoms with Crippen LogP contribution < -0.4 is 5.73 Å². The van der Waals surface area contributed by atoms with Crippen molar-refractivity contribution in [2.75, 3.05) is 13.6 Å². The molecule has 0 heterocycles. The van der Waals surface area contributed by atoms with E-state index < -0.39 is 0 Å². The molecule has 96 valence electrons. The molecule has 1 rings (SSSR count). The number of rotatable bonds is 4. The lowest BCUT2D eigenvalue weighted by atomic mass is 9.96. The predicted molar refractivity (Wildman–Crippen MR) is 70.1 cm³/mol. The zero-order valence-corrected chi connectivity index (χ0v) is 11.3. The average molecular weight is 238 g/mol. The normalized spacial score (nSPS) is 12.2. The first kappa shape index (κ1) is 14.1. The third kappa shape index (κ3) is 4.84. The number of nitrogens with two attached hydrogens (primary N) is 1. The number of hydrogen-bond donors (Lipinski definition) is 1. The zero-order chi connectivity index (χ0) is 13.1. The van der Waals surface area contributed by atoms with E-state index in [4.69, 9.17) is 5.73 Å². The van der Waals surface area contributed by atoms with Crippen molar-refractivity contribution >= 4 is 0 Å². The highest BCUT2D eigenvalue weighted by atomic mass is 19.1. The molecular formula is C14H23FN2. The molecule has 0 atom stereocenters. The van der Waals surface area contributed by atoms with Crippen molar-refractivity contribution in [3.05, 3.63) is 35.1 Å². The molecule has 0 saturated carbocycles. The Balaban J connectivity index is 2.76. The average Bonchev–Trinajstić information content (AvgIpc) is 2.14. The van der Waals surface area contributed by atoms with Crippen LogP contribution in [0.5, 0.6) is 0 Å². The topological polar surface area (TPSA) is 29.3 Å². The van der Waals surface area contributed by atoms with Crippen LogP contribution in [0.15, 0.2) is 18.2 Å². The Hall–Kier alpha value is -0.930. The van der Waals surface area contributed by atoms with Crippen molar-refractivity contribution in [1.82, 2.24) is 4.90 Å². The van der Waals surface area contributed by atoms with Crippen LogP contribution in [0, 0.1) is 11.2 Å². The third-order valence-electron chi connectivity index (χ3n) is 2.57. The molecule has 0 fully saturated rings. The Morgan fingerprint density at radius 1 is 1.24 bits per heavy atom. The number of nitrogens with zero attached hydrogens (tertiary/aromatic N) is 1. The Bertz CT molecular complexity index is 369. The van der Waals surface area contributed by atoms with E-state index >= 15 is 0 Å². The fraction of sp³-hybridized carbons (Fsp3) is 0.571. The van der Waals surface area contributed by atoms with Gasteiger partial charge in [-0.2, -0.15) is 0 Å². The first-order valence-electron chi connectivity index (χ1n) is 5.98. The summed E-state index contributed by atoms with van der Waals surface area (Å²) in [6, 6.07) is 4.83. The summed E-state index contributed by atoms with van der Waals surface area (Å²) in [7, 11) is 2.05. The molecule has 0 saturated heterocycles. The Morgan fingerprint density at radius 2 is 1.88 bits per heavy atom. The highest BCUT2D eigenvalue weighted by Gasteiger charge is 2.14. The van der Waals surface area contributed by atoms with Gasteiger partial charge < -0.3 is 10.6 Å². The lowest BCUT2D eigenvalue weighted by Gasteiger charge is -2.27. The van der Waals surface area contributed by atoms with Crippen molar-refractivity contribution in [3.8, 4) is 0 Å². The number of benzene rings is 1. The van der Waals surface area contributed by atoms with Crippen molar-refractivity contribution in [3.63, 3.8) is 0 Å². The molecule has 0 spiro atoms. The Kier molecular flexibility index (Phi) is 4.66. The molecule has 0 amide bonds. The molecular weight excluding hydrogens is 215 g/mol. The van der Waals surface area contributed by atoms with E-state index in [0.717, 1.165) is 24.2 Å². The van der Waals surface area contributed by atoms with Gasteiger partial charge in [-0.1, -0.05) is 26.8 Å². The van der Waals surface area contributed by atoms with Gasteiger partial charge in [0.05, 0.1) is 0 Å². The lowest BCUT2D eigenvalue weighted by molar-refractivity contribution is 0.220. The van der Waals surface area contributed by atoms with Gasteiger partial charge in [0.15, 0.2) is 0 Å². The molecule has 17 heavy (non-hydrogen) atoms. The van der Waals surface area contributed by atoms with Crippen molar-refractivity contribution in [1.29, 1.82) is 0 Å². The van der Waals surface area contributed by atoms with Crippen molar-refractivity contribution < 1.29 is 4.39 Å². The van der Waals surface area contributed by atoms with Crippen LogP contribution in [0.1, 0.15) is 31.9 Å². The highest BCUT2D eigenvalue weighted by Crippen LogP contribution is 2.18. The Morgan fingerprint density at radius 3 is 2.41 bits per heavy atom. The first-order chi connectivity index (χ1) is 7.81. The van der Waals surface area contributed by atoms with Gasteiger partial charge in [0.2, 0.25) is 0 Å². The lowest BCUT2D eigenvalue weighted by Crippen LogP contribution is -2.29. The standard InChI is InChI=1S/C14H23FN2/c1-14(2,3)10-17(4)9-12-7-13(15)6-5-11(12)8-16/h5-7H,8-10,16H2,1-4H3. The molecule has 2 N–H and O–H groups in total. The van der Waals surface area contributed by atoms with E-state index in [1.807, 2.05) is 0 Å². The minimum absolute atomic E-state index is 0.193. The minimum Gasteiger partial charge on any atom is -0.326 e. The summed E-state index contributed by atoms with van der Waals surface area (Å²) in [4.78, 5) is 2.20. The molecule has 3 heteroatoms. The molecule has 0 radical (unpaired) electrons. The van der Waals surface area contributed by atoms with E-state index in [-0.39, 0.29) is 11.2 Å². The van der Waals surface area contributed by atoms with Crippen LogP contribution in [-0.4, -0.2) is 18.5 Å². The fourth-order valence-corrected chi connectivity index (χ4v) is 2.10. The van der Waals surface area contributed by atoms with Gasteiger partial charge in [-0.05, 0) is 35.7 Å². The number of hydrogen-bond acceptors (Lipinski definition) is 2. The third-order valence-corrected chi connectivity index (χ3v) is 2.57. The number of halogens is 1. The monoisotopic (exact) mass is 238 g/mol. The zero-order valence-electron chi connectivity index (χ0n) is 11.3. The summed E-state index contributed by atoms with van der Waals surface area (Å²) in [6.45, 7) is 8.74. The van der Waals surface area contributed by atoms with Gasteiger partial charge in [0, 0.05) is 19.6 Å². The van der Waals surface area contributed by atoms with Crippen LogP contribution in [-0.2, 0) is 13.1 Å². The first-order valence-corrected chi connectivity index (χ1v) is 5.98. The Labute approximate surface area is 104 Å². The van der Waals surface area contributed by atoms with Gasteiger partial charge in [0.1, 0.15) is 5.82 Å². The summed E-state index contributed by atoms with van der Waals surface area (Å²) in [5, 5.41) is 0. The molecule has 1 aromatic carbocycles. The predicted octanol–water partition coefficient (Wildman–Crippen LogP) is 2.76. The molecule has 1 aromatic rings. The van der Waals surface area contributed by atoms with E-state index in [1.165, 1.54) is 6.07 Å². The van der Waals surface area contributed by atoms with Crippen LogP contribution >= 0.6 is 0 Å². The van der Waals surface area contributed by atoms with Crippen LogP contribution in [0.2, 0.25) is 0 Å². The van der Waals surface area contributed by atoms with Crippen LogP contribution in [0.25, 0.3) is 0 Å². The van der Waals surface area contributed by atoms with E-state index in [0.29, 0.717) is 6.54 Å². The van der Waals surface area contributed by atoms with E-state index in [9.17, 15) is 4.39 Å². The van der Waals surface area contributed by atoms with Gasteiger partial charge >= 0.3 is 0 Å². The van der Waals surface area contributed by atoms with Crippen LogP contribution in [0.3, 0.4) is 0 Å². The molecule has 2 nitrogen and oxygen atoms in total. The molecule has 0 aliphatic rings. The van der Waals surface area contributed by atoms with Gasteiger partial charge in [-0.25, -0.2) is 4.39 Å². The van der Waals surface area contributed by atoms with Gasteiger partial charge in [-0.3, -0.25) is 0 Å². The quantitative estimate of drug-likeness (QED) is 0.874. The van der Waals surface area contributed by atoms with Gasteiger partial charge in [-0.15, -0.1) is 0 Å². The SMILES string of the molecule is CN(Cc1cc(F)ccc1CN)CC(C)(C)C. The smallest absolute Gasteiger partial charge is 0.123 e. The second-order valence-corrected chi connectivity index (χ2v) is 5.85. The summed E-state index contributed by atoms with van der Waals surface area (Å²) >= 11 is 0. The van der Waals surface area contributed by atoms with Crippen LogP contribution in [0.4, 0.5) is 4.39 Å². The second-order valence-electron chi connectivity index (χ2n) is 5.85. The molecule has 0 unspecified atom stereocenters. The molecule has 0 aliphatic carbocycles. The summed E-state index contributed by atoms with van der Waals surface area (Å²) in [5.41, 5.74) is 7.91. The molecule has 0 aromatic heterocycles. The van der Waals surface area contributed by atoms with Gasteiger partial charge in [0.25, 0.3) is 0 Å². The second kappa shape index (κ2) is 5.61. The maximum absolute atomic E-state index is 13.2. The maximum Gasteiger partial charge on any atom is 0.123 e. The summed E-state index contributed by atoms with van der Waals surface area (Å²) in [5.74, 6) is -0.193. The van der Waals surface area contributed by atoms with Crippen molar-refractivity contribution in [2.45, 2.75) is 33.9 Å². The molecule has 0 bridgehead atoms. The largest absolute Gasteiger partial charge is 0.326 e. The van der Waals surface area contributed by atoms with E-state index in [2.05, 4.69) is 32.7 Å². The maximum atomic E-state index is 13.2.